The van der Waals surface area contributed by atoms with Crippen LogP contribution in [0.3, 0.4) is 0 Å². The molecule has 0 fully saturated rings. The summed E-state index contributed by atoms with van der Waals surface area (Å²) in [5.41, 5.74) is 0. The number of nitrogens with zero attached hydrogens (tertiary/aromatic N) is 1. The van der Waals surface area contributed by atoms with E-state index in [4.69, 9.17) is 5.11 Å². The Hall–Kier alpha value is -0.430. The standard InChI is InChI=1S/C10H17NO3S2/c1-8(2)6-11(3)16(13,14)10-5-4-9(7-12)15-10/h4-5,8,12H,6-7H2,1-3H3. The first-order chi connectivity index (χ1) is 7.37. The molecule has 1 N–H and O–H groups in total. The predicted octanol–water partition coefficient (Wildman–Crippen LogP) is 1.52. The molecule has 4 nitrogen and oxygen atoms in total. The van der Waals surface area contributed by atoms with E-state index in [1.807, 2.05) is 13.8 Å². The summed E-state index contributed by atoms with van der Waals surface area (Å²) >= 11 is 1.12. The van der Waals surface area contributed by atoms with Crippen LogP contribution in [0.5, 0.6) is 0 Å². The van der Waals surface area contributed by atoms with Gasteiger partial charge in [0.05, 0.1) is 6.61 Å². The predicted molar refractivity (Wildman–Crippen MR) is 64.9 cm³/mol. The lowest BCUT2D eigenvalue weighted by Crippen LogP contribution is -2.29. The minimum atomic E-state index is -3.38. The van der Waals surface area contributed by atoms with Crippen LogP contribution >= 0.6 is 11.3 Å². The molecule has 1 aromatic heterocycles. The Labute approximate surface area is 101 Å². The molecule has 0 radical (unpaired) electrons. The second-order valence-corrected chi connectivity index (χ2v) is 7.50. The quantitative estimate of drug-likeness (QED) is 0.876. The van der Waals surface area contributed by atoms with Gasteiger partial charge in [0.1, 0.15) is 4.21 Å². The maximum Gasteiger partial charge on any atom is 0.252 e. The van der Waals surface area contributed by atoms with Gasteiger partial charge in [-0.2, -0.15) is 4.31 Å². The minimum Gasteiger partial charge on any atom is -0.391 e. The van der Waals surface area contributed by atoms with E-state index in [1.54, 1.807) is 19.2 Å². The van der Waals surface area contributed by atoms with Crippen LogP contribution < -0.4 is 0 Å². The van der Waals surface area contributed by atoms with Gasteiger partial charge in [0, 0.05) is 18.5 Å². The lowest BCUT2D eigenvalue weighted by molar-refractivity contribution is 0.285. The highest BCUT2D eigenvalue weighted by Crippen LogP contribution is 2.24. The van der Waals surface area contributed by atoms with Gasteiger partial charge >= 0.3 is 0 Å². The van der Waals surface area contributed by atoms with Gasteiger partial charge in [-0.1, -0.05) is 13.8 Å². The largest absolute Gasteiger partial charge is 0.391 e. The molecule has 0 spiro atoms. The van der Waals surface area contributed by atoms with Crippen LogP contribution in [0.1, 0.15) is 18.7 Å². The number of thiophene rings is 1. The lowest BCUT2D eigenvalue weighted by atomic mass is 10.2. The van der Waals surface area contributed by atoms with Crippen molar-refractivity contribution in [2.24, 2.45) is 5.92 Å². The van der Waals surface area contributed by atoms with Crippen molar-refractivity contribution in [3.05, 3.63) is 17.0 Å². The molecule has 16 heavy (non-hydrogen) atoms. The topological polar surface area (TPSA) is 57.6 Å². The zero-order valence-corrected chi connectivity index (χ0v) is 11.3. The van der Waals surface area contributed by atoms with Crippen LogP contribution in [0, 0.1) is 5.92 Å². The molecule has 0 amide bonds. The third-order valence-corrected chi connectivity index (χ3v) is 5.44. The SMILES string of the molecule is CC(C)CN(C)S(=O)(=O)c1ccc(CO)s1. The first-order valence-corrected chi connectivity index (χ1v) is 7.29. The molecule has 0 aliphatic rings. The van der Waals surface area contributed by atoms with Crippen molar-refractivity contribution in [3.8, 4) is 0 Å². The summed E-state index contributed by atoms with van der Waals surface area (Å²) in [6, 6.07) is 3.18. The fourth-order valence-corrected chi connectivity index (χ4v) is 4.11. The molecule has 92 valence electrons. The normalized spacial score (nSPS) is 12.6. The van der Waals surface area contributed by atoms with Crippen molar-refractivity contribution in [1.82, 2.24) is 4.31 Å². The van der Waals surface area contributed by atoms with Crippen LogP contribution in [0.2, 0.25) is 0 Å². The van der Waals surface area contributed by atoms with Gasteiger partial charge in [-0.15, -0.1) is 11.3 Å². The molecule has 1 rings (SSSR count). The third-order valence-electron chi connectivity index (χ3n) is 2.08. The summed E-state index contributed by atoms with van der Waals surface area (Å²) in [6.07, 6.45) is 0. The summed E-state index contributed by atoms with van der Waals surface area (Å²) in [4.78, 5) is 0.663. The Morgan fingerprint density at radius 3 is 2.50 bits per heavy atom. The van der Waals surface area contributed by atoms with E-state index in [0.29, 0.717) is 15.6 Å². The summed E-state index contributed by atoms with van der Waals surface area (Å²) in [5, 5.41) is 8.90. The number of aliphatic hydroxyl groups excluding tert-OH is 1. The van der Waals surface area contributed by atoms with Crippen LogP contribution in [-0.4, -0.2) is 31.4 Å². The molecule has 0 saturated heterocycles. The molecule has 1 aromatic rings. The second-order valence-electron chi connectivity index (χ2n) is 4.06. The highest BCUT2D eigenvalue weighted by molar-refractivity contribution is 7.91. The minimum absolute atomic E-state index is 0.117. The molecular weight excluding hydrogens is 246 g/mol. The molecule has 6 heteroatoms. The second kappa shape index (κ2) is 5.27. The van der Waals surface area contributed by atoms with Crippen LogP contribution in [0.4, 0.5) is 0 Å². The average molecular weight is 263 g/mol. The van der Waals surface area contributed by atoms with Crippen LogP contribution in [-0.2, 0) is 16.6 Å². The lowest BCUT2D eigenvalue weighted by Gasteiger charge is -2.17. The Bertz CT molecular complexity index is 437. The first kappa shape index (κ1) is 13.6. The maximum atomic E-state index is 12.1. The van der Waals surface area contributed by atoms with Gasteiger partial charge in [-0.3, -0.25) is 0 Å². The van der Waals surface area contributed by atoms with Crippen molar-refractivity contribution < 1.29 is 13.5 Å². The van der Waals surface area contributed by atoms with E-state index >= 15 is 0 Å². The van der Waals surface area contributed by atoms with Gasteiger partial charge in [0.25, 0.3) is 10.0 Å². The molecule has 0 atom stereocenters. The van der Waals surface area contributed by atoms with Crippen molar-refractivity contribution in [3.63, 3.8) is 0 Å². The molecule has 0 unspecified atom stereocenters. The summed E-state index contributed by atoms with van der Waals surface area (Å²) in [7, 11) is -1.81. The van der Waals surface area contributed by atoms with Crippen LogP contribution in [0.15, 0.2) is 16.3 Å². The zero-order valence-electron chi connectivity index (χ0n) is 9.67. The van der Waals surface area contributed by atoms with Gasteiger partial charge in [-0.05, 0) is 18.1 Å². The van der Waals surface area contributed by atoms with Crippen molar-refractivity contribution >= 4 is 21.4 Å². The van der Waals surface area contributed by atoms with E-state index in [2.05, 4.69) is 0 Å². The van der Waals surface area contributed by atoms with Gasteiger partial charge in [0.15, 0.2) is 0 Å². The highest BCUT2D eigenvalue weighted by Gasteiger charge is 2.23. The van der Waals surface area contributed by atoms with Crippen LogP contribution in [0.25, 0.3) is 0 Å². The highest BCUT2D eigenvalue weighted by atomic mass is 32.2. The number of aliphatic hydroxyl groups is 1. The van der Waals surface area contributed by atoms with Crippen molar-refractivity contribution in [1.29, 1.82) is 0 Å². The number of hydrogen-bond acceptors (Lipinski definition) is 4. The van der Waals surface area contributed by atoms with E-state index in [0.717, 1.165) is 11.3 Å². The zero-order chi connectivity index (χ0) is 12.3. The molecule has 0 aromatic carbocycles. The molecular formula is C10H17NO3S2. The smallest absolute Gasteiger partial charge is 0.252 e. The summed E-state index contributed by atoms with van der Waals surface area (Å²) in [6.45, 7) is 4.32. The number of hydrogen-bond donors (Lipinski definition) is 1. The first-order valence-electron chi connectivity index (χ1n) is 5.04. The van der Waals surface area contributed by atoms with E-state index in [-0.39, 0.29) is 12.5 Å². The third kappa shape index (κ3) is 3.04. The van der Waals surface area contributed by atoms with E-state index in [1.165, 1.54) is 4.31 Å². The molecule has 0 aliphatic heterocycles. The fraction of sp³-hybridized carbons (Fsp3) is 0.600. The Morgan fingerprint density at radius 2 is 2.06 bits per heavy atom. The van der Waals surface area contributed by atoms with Gasteiger partial charge < -0.3 is 5.11 Å². The monoisotopic (exact) mass is 263 g/mol. The molecule has 0 aliphatic carbocycles. The van der Waals surface area contributed by atoms with Crippen molar-refractivity contribution in [2.75, 3.05) is 13.6 Å². The summed E-state index contributed by atoms with van der Waals surface area (Å²) < 4.78 is 25.7. The molecule has 0 saturated carbocycles. The Kier molecular flexibility index (Phi) is 4.49. The number of sulfonamides is 1. The molecule has 0 bridgehead atoms. The number of rotatable bonds is 5. The maximum absolute atomic E-state index is 12.1. The molecule has 1 heterocycles. The van der Waals surface area contributed by atoms with Gasteiger partial charge in [-0.25, -0.2) is 8.42 Å². The average Bonchev–Trinajstić information content (AvgIpc) is 2.65. The summed E-state index contributed by atoms with van der Waals surface area (Å²) in [5.74, 6) is 0.289. The van der Waals surface area contributed by atoms with E-state index in [9.17, 15) is 8.42 Å². The van der Waals surface area contributed by atoms with Crippen molar-refractivity contribution in [2.45, 2.75) is 24.7 Å². The van der Waals surface area contributed by atoms with Gasteiger partial charge in [0.2, 0.25) is 0 Å². The van der Waals surface area contributed by atoms with E-state index < -0.39 is 10.0 Å². The Morgan fingerprint density at radius 1 is 1.44 bits per heavy atom. The fourth-order valence-electron chi connectivity index (χ4n) is 1.35. The Balaban J connectivity index is 2.92.